The number of nitrogens with zero attached hydrogens (tertiary/aromatic N) is 5. The van der Waals surface area contributed by atoms with Gasteiger partial charge < -0.3 is 0 Å². The zero-order valence-electron chi connectivity index (χ0n) is 11.6. The predicted octanol–water partition coefficient (Wildman–Crippen LogP) is 3.41. The topological polar surface area (TPSA) is 57.7 Å². The first kappa shape index (κ1) is 14.1. The second-order valence-corrected chi connectivity index (χ2v) is 4.99. The highest BCUT2D eigenvalue weighted by Crippen LogP contribution is 2.25. The molecule has 0 aliphatic carbocycles. The fourth-order valence-electron chi connectivity index (χ4n) is 2.06. The van der Waals surface area contributed by atoms with Crippen molar-refractivity contribution in [3.05, 3.63) is 71.8 Å². The average Bonchev–Trinajstić information content (AvgIpc) is 3.03. The van der Waals surface area contributed by atoms with E-state index in [1.165, 1.54) is 4.90 Å². The third-order valence-electron chi connectivity index (χ3n) is 3.12. The van der Waals surface area contributed by atoms with Crippen LogP contribution in [0.5, 0.6) is 0 Å². The van der Waals surface area contributed by atoms with E-state index in [2.05, 4.69) is 16.3 Å². The molecule has 0 bridgehead atoms. The van der Waals surface area contributed by atoms with Crippen LogP contribution in [0.2, 0.25) is 5.02 Å². The van der Waals surface area contributed by atoms with Gasteiger partial charge in [0.1, 0.15) is 6.33 Å². The molecule has 0 aliphatic rings. The van der Waals surface area contributed by atoms with Crippen molar-refractivity contribution in [1.29, 1.82) is 5.26 Å². The zero-order chi connectivity index (χ0) is 15.4. The molecule has 5 nitrogen and oxygen atoms in total. The largest absolute Gasteiger partial charge is 0.270 e. The molecule has 0 amide bonds. The van der Waals surface area contributed by atoms with Crippen LogP contribution in [0.1, 0.15) is 5.82 Å². The van der Waals surface area contributed by atoms with Gasteiger partial charge in [-0.25, -0.2) is 9.67 Å². The molecule has 0 unspecified atom stereocenters. The molecule has 0 atom stereocenters. The molecule has 0 saturated heterocycles. The number of hydrogen-bond acceptors (Lipinski definition) is 4. The maximum Gasteiger partial charge on any atom is 0.184 e. The Labute approximate surface area is 133 Å². The summed E-state index contributed by atoms with van der Waals surface area (Å²) in [5.41, 5.74) is 1.56. The van der Waals surface area contributed by atoms with Crippen molar-refractivity contribution in [3.8, 4) is 11.9 Å². The van der Waals surface area contributed by atoms with Gasteiger partial charge in [0.15, 0.2) is 12.0 Å². The van der Waals surface area contributed by atoms with E-state index in [1.807, 2.05) is 42.5 Å². The Morgan fingerprint density at radius 1 is 1.09 bits per heavy atom. The molecule has 22 heavy (non-hydrogen) atoms. The number of halogens is 1. The molecule has 0 fully saturated rings. The van der Waals surface area contributed by atoms with Gasteiger partial charge in [0.05, 0.1) is 22.9 Å². The first-order valence-electron chi connectivity index (χ1n) is 6.65. The van der Waals surface area contributed by atoms with Crippen molar-refractivity contribution in [3.63, 3.8) is 0 Å². The standard InChI is InChI=1S/C16H12ClN5/c17-14-8-4-5-9-15(14)21(11-18)10-16-19-12-22(20-16)13-6-2-1-3-7-13/h1-9,12H,10H2. The molecule has 0 aliphatic heterocycles. The molecule has 1 aromatic heterocycles. The quantitative estimate of drug-likeness (QED) is 0.547. The van der Waals surface area contributed by atoms with Crippen LogP contribution >= 0.6 is 11.6 Å². The van der Waals surface area contributed by atoms with Crippen LogP contribution in [0.15, 0.2) is 60.9 Å². The highest BCUT2D eigenvalue weighted by molar-refractivity contribution is 6.33. The maximum atomic E-state index is 9.34. The molecule has 0 spiro atoms. The summed E-state index contributed by atoms with van der Waals surface area (Å²) in [4.78, 5) is 5.72. The predicted molar refractivity (Wildman–Crippen MR) is 84.6 cm³/mol. The van der Waals surface area contributed by atoms with E-state index in [-0.39, 0.29) is 6.54 Å². The maximum absolute atomic E-state index is 9.34. The van der Waals surface area contributed by atoms with Crippen LogP contribution in [-0.2, 0) is 6.54 Å². The van der Waals surface area contributed by atoms with Crippen LogP contribution in [0.4, 0.5) is 5.69 Å². The summed E-state index contributed by atoms with van der Waals surface area (Å²) >= 11 is 6.13. The Hall–Kier alpha value is -2.84. The molecule has 6 heteroatoms. The summed E-state index contributed by atoms with van der Waals surface area (Å²) < 4.78 is 1.68. The number of hydrogen-bond donors (Lipinski definition) is 0. The van der Waals surface area contributed by atoms with Crippen LogP contribution in [-0.4, -0.2) is 14.8 Å². The monoisotopic (exact) mass is 309 g/mol. The van der Waals surface area contributed by atoms with E-state index < -0.39 is 0 Å². The van der Waals surface area contributed by atoms with Crippen LogP contribution < -0.4 is 4.90 Å². The lowest BCUT2D eigenvalue weighted by Crippen LogP contribution is -2.17. The highest BCUT2D eigenvalue weighted by Gasteiger charge is 2.13. The van der Waals surface area contributed by atoms with Crippen molar-refractivity contribution in [2.24, 2.45) is 0 Å². The third kappa shape index (κ3) is 2.92. The first-order valence-corrected chi connectivity index (χ1v) is 7.03. The summed E-state index contributed by atoms with van der Waals surface area (Å²) in [6, 6.07) is 16.9. The van der Waals surface area contributed by atoms with Crippen LogP contribution in [0.25, 0.3) is 5.69 Å². The van der Waals surface area contributed by atoms with E-state index in [0.29, 0.717) is 16.5 Å². The summed E-state index contributed by atoms with van der Waals surface area (Å²) in [5.74, 6) is 0.547. The number of rotatable bonds is 4. The molecule has 0 saturated carbocycles. The SMILES string of the molecule is N#CN(Cc1ncn(-c2ccccc2)n1)c1ccccc1Cl. The smallest absolute Gasteiger partial charge is 0.184 e. The van der Waals surface area contributed by atoms with Gasteiger partial charge in [-0.1, -0.05) is 41.9 Å². The van der Waals surface area contributed by atoms with E-state index in [9.17, 15) is 5.26 Å². The lowest BCUT2D eigenvalue weighted by atomic mass is 10.3. The minimum Gasteiger partial charge on any atom is -0.270 e. The van der Waals surface area contributed by atoms with Gasteiger partial charge in [-0.3, -0.25) is 4.90 Å². The summed E-state index contributed by atoms with van der Waals surface area (Å²) in [6.45, 7) is 0.264. The van der Waals surface area contributed by atoms with Gasteiger partial charge in [0.2, 0.25) is 0 Å². The van der Waals surface area contributed by atoms with Crippen molar-refractivity contribution in [1.82, 2.24) is 14.8 Å². The van der Waals surface area contributed by atoms with Crippen molar-refractivity contribution >= 4 is 17.3 Å². The third-order valence-corrected chi connectivity index (χ3v) is 3.44. The molecule has 2 aromatic carbocycles. The van der Waals surface area contributed by atoms with E-state index >= 15 is 0 Å². The molecule has 0 N–H and O–H groups in total. The minimum absolute atomic E-state index is 0.264. The number of anilines is 1. The van der Waals surface area contributed by atoms with Crippen LogP contribution in [0, 0.1) is 11.5 Å². The Kier molecular flexibility index (Phi) is 4.03. The van der Waals surface area contributed by atoms with Gasteiger partial charge in [0.25, 0.3) is 0 Å². The number of nitriles is 1. The molecular weight excluding hydrogens is 298 g/mol. The molecular formula is C16H12ClN5. The fraction of sp³-hybridized carbons (Fsp3) is 0.0625. The Morgan fingerprint density at radius 2 is 1.82 bits per heavy atom. The summed E-state index contributed by atoms with van der Waals surface area (Å²) in [6.07, 6.45) is 3.75. The van der Waals surface area contributed by atoms with Gasteiger partial charge in [-0.15, -0.1) is 5.10 Å². The highest BCUT2D eigenvalue weighted by atomic mass is 35.5. The second kappa shape index (κ2) is 6.29. The van der Waals surface area contributed by atoms with Gasteiger partial charge in [-0.05, 0) is 24.3 Å². The average molecular weight is 310 g/mol. The molecule has 1 heterocycles. The number of aromatic nitrogens is 3. The summed E-state index contributed by atoms with van der Waals surface area (Å²) in [7, 11) is 0. The minimum atomic E-state index is 0.264. The normalized spacial score (nSPS) is 10.2. The molecule has 3 rings (SSSR count). The number of para-hydroxylation sites is 2. The Balaban J connectivity index is 1.83. The lowest BCUT2D eigenvalue weighted by molar-refractivity contribution is 0.817. The zero-order valence-corrected chi connectivity index (χ0v) is 12.4. The second-order valence-electron chi connectivity index (χ2n) is 4.58. The van der Waals surface area contributed by atoms with E-state index in [4.69, 9.17) is 11.6 Å². The van der Waals surface area contributed by atoms with Crippen molar-refractivity contribution in [2.75, 3.05) is 4.90 Å². The van der Waals surface area contributed by atoms with E-state index in [0.717, 1.165) is 5.69 Å². The summed E-state index contributed by atoms with van der Waals surface area (Å²) in [5, 5.41) is 14.3. The number of benzene rings is 2. The van der Waals surface area contributed by atoms with Gasteiger partial charge in [0, 0.05) is 0 Å². The van der Waals surface area contributed by atoms with Gasteiger partial charge >= 0.3 is 0 Å². The molecule has 0 radical (unpaired) electrons. The van der Waals surface area contributed by atoms with Crippen LogP contribution in [0.3, 0.4) is 0 Å². The van der Waals surface area contributed by atoms with E-state index in [1.54, 1.807) is 23.1 Å². The lowest BCUT2D eigenvalue weighted by Gasteiger charge is -2.14. The Morgan fingerprint density at radius 3 is 2.55 bits per heavy atom. The molecule has 3 aromatic rings. The van der Waals surface area contributed by atoms with Crippen molar-refractivity contribution in [2.45, 2.75) is 6.54 Å². The molecule has 108 valence electrons. The van der Waals surface area contributed by atoms with Gasteiger partial charge in [-0.2, -0.15) is 5.26 Å². The fourth-order valence-corrected chi connectivity index (χ4v) is 2.30. The first-order chi connectivity index (χ1) is 10.8. The Bertz CT molecular complexity index is 807. The van der Waals surface area contributed by atoms with Crippen molar-refractivity contribution < 1.29 is 0 Å².